The van der Waals surface area contributed by atoms with E-state index in [4.69, 9.17) is 4.74 Å². The summed E-state index contributed by atoms with van der Waals surface area (Å²) >= 11 is 0. The number of rotatable bonds is 5. The number of nitrogens with one attached hydrogen (secondary N) is 2. The van der Waals surface area contributed by atoms with Crippen molar-refractivity contribution in [2.75, 3.05) is 11.9 Å². The van der Waals surface area contributed by atoms with Crippen LogP contribution < -0.4 is 10.6 Å². The van der Waals surface area contributed by atoms with Crippen molar-refractivity contribution in [3.63, 3.8) is 0 Å². The van der Waals surface area contributed by atoms with E-state index in [1.54, 1.807) is 49.4 Å². The summed E-state index contributed by atoms with van der Waals surface area (Å²) in [4.78, 5) is 36.8. The van der Waals surface area contributed by atoms with Crippen molar-refractivity contribution in [3.8, 4) is 0 Å². The molecule has 140 valence electrons. The first-order chi connectivity index (χ1) is 13.1. The van der Waals surface area contributed by atoms with E-state index in [1.165, 1.54) is 0 Å². The Kier molecular flexibility index (Phi) is 5.86. The Morgan fingerprint density at radius 2 is 1.93 bits per heavy atom. The minimum atomic E-state index is -0.878. The third kappa shape index (κ3) is 4.53. The Hall–Kier alpha value is -3.15. The maximum atomic E-state index is 12.8. The molecule has 0 bridgehead atoms. The van der Waals surface area contributed by atoms with Gasteiger partial charge in [-0.2, -0.15) is 0 Å². The standard InChI is InChI=1S/C21H22N2O4/c1-2-27-21(26)19(14-7-4-3-5-8-14)23-20(25)16-11-12-17-15(13-16)9-6-10-18(24)22-17/h3-5,7-8,11-13,19H,2,6,9-10H2,1H3,(H,22,24)(H,23,25). The van der Waals surface area contributed by atoms with Gasteiger partial charge in [0.2, 0.25) is 5.91 Å². The van der Waals surface area contributed by atoms with Crippen LogP contribution in [0.1, 0.15) is 47.3 Å². The number of esters is 1. The number of fused-ring (bicyclic) bond motifs is 1. The molecule has 6 heteroatoms. The average molecular weight is 366 g/mol. The molecule has 0 aromatic heterocycles. The molecule has 27 heavy (non-hydrogen) atoms. The maximum Gasteiger partial charge on any atom is 0.333 e. The number of carbonyl (C=O) groups is 3. The summed E-state index contributed by atoms with van der Waals surface area (Å²) in [5, 5.41) is 5.61. The summed E-state index contributed by atoms with van der Waals surface area (Å²) in [5.74, 6) is -0.883. The highest BCUT2D eigenvalue weighted by Crippen LogP contribution is 2.24. The summed E-state index contributed by atoms with van der Waals surface area (Å²) in [6, 6.07) is 13.3. The number of hydrogen-bond acceptors (Lipinski definition) is 4. The molecule has 2 N–H and O–H groups in total. The Labute approximate surface area is 157 Å². The van der Waals surface area contributed by atoms with Gasteiger partial charge in [-0.1, -0.05) is 30.3 Å². The molecule has 0 saturated heterocycles. The lowest BCUT2D eigenvalue weighted by Crippen LogP contribution is -2.35. The molecule has 0 aliphatic carbocycles. The molecule has 1 heterocycles. The normalized spacial score (nSPS) is 14.3. The molecule has 1 unspecified atom stereocenters. The van der Waals surface area contributed by atoms with Crippen LogP contribution in [0.4, 0.5) is 5.69 Å². The average Bonchev–Trinajstić information content (AvgIpc) is 2.86. The quantitative estimate of drug-likeness (QED) is 0.797. The van der Waals surface area contributed by atoms with Gasteiger partial charge in [0.25, 0.3) is 5.91 Å². The molecule has 2 aromatic carbocycles. The van der Waals surface area contributed by atoms with E-state index in [0.717, 1.165) is 24.1 Å². The van der Waals surface area contributed by atoms with E-state index in [0.29, 0.717) is 17.5 Å². The lowest BCUT2D eigenvalue weighted by Gasteiger charge is -2.18. The molecule has 1 aliphatic rings. The minimum Gasteiger partial charge on any atom is -0.464 e. The third-order valence-corrected chi connectivity index (χ3v) is 4.42. The number of benzene rings is 2. The van der Waals surface area contributed by atoms with Crippen molar-refractivity contribution in [3.05, 3.63) is 65.2 Å². The second-order valence-electron chi connectivity index (χ2n) is 6.34. The van der Waals surface area contributed by atoms with Gasteiger partial charge in [0.05, 0.1) is 6.61 Å². The summed E-state index contributed by atoms with van der Waals surface area (Å²) in [6.45, 7) is 1.96. The number of aryl methyl sites for hydroxylation is 1. The van der Waals surface area contributed by atoms with Gasteiger partial charge in [0.1, 0.15) is 0 Å². The minimum absolute atomic E-state index is 0.0163. The van der Waals surface area contributed by atoms with E-state index in [1.807, 2.05) is 6.07 Å². The van der Waals surface area contributed by atoms with Gasteiger partial charge >= 0.3 is 5.97 Å². The first kappa shape index (κ1) is 18.6. The van der Waals surface area contributed by atoms with Crippen LogP contribution in [0.3, 0.4) is 0 Å². The van der Waals surface area contributed by atoms with Crippen molar-refractivity contribution in [2.24, 2.45) is 0 Å². The molecular formula is C21H22N2O4. The summed E-state index contributed by atoms with van der Waals surface area (Å²) < 4.78 is 5.11. The van der Waals surface area contributed by atoms with Crippen LogP contribution >= 0.6 is 0 Å². The Morgan fingerprint density at radius 1 is 1.15 bits per heavy atom. The molecule has 0 radical (unpaired) electrons. The topological polar surface area (TPSA) is 84.5 Å². The molecule has 0 saturated carbocycles. The van der Waals surface area contributed by atoms with Crippen molar-refractivity contribution in [1.82, 2.24) is 5.32 Å². The molecule has 0 fully saturated rings. The molecule has 1 atom stereocenters. The van der Waals surface area contributed by atoms with E-state index >= 15 is 0 Å². The highest BCUT2D eigenvalue weighted by Gasteiger charge is 2.25. The highest BCUT2D eigenvalue weighted by molar-refractivity contribution is 5.99. The van der Waals surface area contributed by atoms with Crippen LogP contribution in [0.2, 0.25) is 0 Å². The van der Waals surface area contributed by atoms with Gasteiger partial charge in [-0.05, 0) is 49.1 Å². The second-order valence-corrected chi connectivity index (χ2v) is 6.34. The van der Waals surface area contributed by atoms with Crippen molar-refractivity contribution < 1.29 is 19.1 Å². The predicted octanol–water partition coefficient (Wildman–Crippen LogP) is 3.00. The highest BCUT2D eigenvalue weighted by atomic mass is 16.5. The zero-order valence-corrected chi connectivity index (χ0v) is 15.2. The third-order valence-electron chi connectivity index (χ3n) is 4.42. The zero-order chi connectivity index (χ0) is 19.2. The monoisotopic (exact) mass is 366 g/mol. The summed E-state index contributed by atoms with van der Waals surface area (Å²) in [6.07, 6.45) is 1.92. The van der Waals surface area contributed by atoms with Crippen LogP contribution in [-0.2, 0) is 20.7 Å². The molecule has 2 aromatic rings. The lowest BCUT2D eigenvalue weighted by molar-refractivity contribution is -0.145. The Balaban J connectivity index is 1.82. The van der Waals surface area contributed by atoms with Gasteiger partial charge in [-0.15, -0.1) is 0 Å². The van der Waals surface area contributed by atoms with Gasteiger partial charge < -0.3 is 15.4 Å². The van der Waals surface area contributed by atoms with Crippen LogP contribution in [-0.4, -0.2) is 24.4 Å². The zero-order valence-electron chi connectivity index (χ0n) is 15.2. The molecule has 0 spiro atoms. The number of ether oxygens (including phenoxy) is 1. The van der Waals surface area contributed by atoms with Crippen LogP contribution in [0.25, 0.3) is 0 Å². The lowest BCUT2D eigenvalue weighted by atomic mass is 10.0. The largest absolute Gasteiger partial charge is 0.464 e. The molecular weight excluding hydrogens is 344 g/mol. The molecule has 1 aliphatic heterocycles. The van der Waals surface area contributed by atoms with Crippen molar-refractivity contribution in [2.45, 2.75) is 32.2 Å². The molecule has 6 nitrogen and oxygen atoms in total. The van der Waals surface area contributed by atoms with Gasteiger partial charge in [-0.25, -0.2) is 4.79 Å². The molecule has 2 amide bonds. The summed E-state index contributed by atoms with van der Waals surface area (Å²) in [7, 11) is 0. The second kappa shape index (κ2) is 8.49. The fraction of sp³-hybridized carbons (Fsp3) is 0.286. The maximum absolute atomic E-state index is 12.8. The van der Waals surface area contributed by atoms with Gasteiger partial charge in [-0.3, -0.25) is 9.59 Å². The van der Waals surface area contributed by atoms with Crippen LogP contribution in [0, 0.1) is 0 Å². The fourth-order valence-electron chi connectivity index (χ4n) is 3.08. The van der Waals surface area contributed by atoms with E-state index < -0.39 is 12.0 Å². The number of carbonyl (C=O) groups excluding carboxylic acids is 3. The van der Waals surface area contributed by atoms with Gasteiger partial charge in [0.15, 0.2) is 6.04 Å². The number of amides is 2. The van der Waals surface area contributed by atoms with Crippen LogP contribution in [0.5, 0.6) is 0 Å². The number of hydrogen-bond donors (Lipinski definition) is 2. The molecule has 3 rings (SSSR count). The van der Waals surface area contributed by atoms with Crippen molar-refractivity contribution >= 4 is 23.5 Å². The first-order valence-corrected chi connectivity index (χ1v) is 9.03. The smallest absolute Gasteiger partial charge is 0.333 e. The van der Waals surface area contributed by atoms with Crippen molar-refractivity contribution in [1.29, 1.82) is 0 Å². The van der Waals surface area contributed by atoms with E-state index in [-0.39, 0.29) is 18.4 Å². The van der Waals surface area contributed by atoms with E-state index in [2.05, 4.69) is 10.6 Å². The number of anilines is 1. The first-order valence-electron chi connectivity index (χ1n) is 9.03. The van der Waals surface area contributed by atoms with E-state index in [9.17, 15) is 14.4 Å². The van der Waals surface area contributed by atoms with Gasteiger partial charge in [0, 0.05) is 17.7 Å². The Morgan fingerprint density at radius 3 is 2.67 bits per heavy atom. The predicted molar refractivity (Wildman–Crippen MR) is 101 cm³/mol. The summed E-state index contributed by atoms with van der Waals surface area (Å²) in [5.41, 5.74) is 2.75. The SMILES string of the molecule is CCOC(=O)C(NC(=O)c1ccc2c(c1)CCCC(=O)N2)c1ccccc1. The Bertz CT molecular complexity index is 849. The fourth-order valence-corrected chi connectivity index (χ4v) is 3.08. The van der Waals surface area contributed by atoms with Crippen LogP contribution in [0.15, 0.2) is 48.5 Å².